The van der Waals surface area contributed by atoms with Gasteiger partial charge in [-0.3, -0.25) is 0 Å². The number of fused-ring (bicyclic) bond motifs is 1. The summed E-state index contributed by atoms with van der Waals surface area (Å²) in [5, 5.41) is 0. The van der Waals surface area contributed by atoms with Gasteiger partial charge in [-0.05, 0) is 101 Å². The topological polar surface area (TPSA) is 0 Å². The Morgan fingerprint density at radius 3 is 2.50 bits per heavy atom. The van der Waals surface area contributed by atoms with Crippen molar-refractivity contribution in [2.45, 2.75) is 98.8 Å². The molecule has 5 atom stereocenters. The minimum Gasteiger partial charge on any atom is -0.0993 e. The first-order chi connectivity index (χ1) is 12.4. The van der Waals surface area contributed by atoms with Crippen molar-refractivity contribution < 1.29 is 0 Å². The molecule has 2 fully saturated rings. The Morgan fingerprint density at radius 1 is 1.04 bits per heavy atom. The molecule has 2 aliphatic carbocycles. The van der Waals surface area contributed by atoms with E-state index in [2.05, 4.69) is 53.3 Å². The molecule has 0 aliphatic heterocycles. The molecule has 0 heterocycles. The maximum atomic E-state index is 4.39. The second-order valence-corrected chi connectivity index (χ2v) is 9.75. The van der Waals surface area contributed by atoms with E-state index < -0.39 is 0 Å². The van der Waals surface area contributed by atoms with Crippen molar-refractivity contribution in [3.05, 3.63) is 35.5 Å². The zero-order valence-corrected chi connectivity index (χ0v) is 18.3. The third-order valence-corrected chi connectivity index (χ3v) is 6.83. The monoisotopic (exact) mass is 356 g/mol. The van der Waals surface area contributed by atoms with Crippen LogP contribution in [0.2, 0.25) is 0 Å². The minimum absolute atomic E-state index is 0.532. The molecule has 0 aromatic heterocycles. The van der Waals surface area contributed by atoms with Gasteiger partial charge in [0.15, 0.2) is 0 Å². The fourth-order valence-corrected chi connectivity index (χ4v) is 4.90. The Bertz CT molecular complexity index is 506. The fourth-order valence-electron chi connectivity index (χ4n) is 4.90. The molecule has 4 unspecified atom stereocenters. The lowest BCUT2D eigenvalue weighted by Gasteiger charge is -2.20. The van der Waals surface area contributed by atoms with Crippen LogP contribution in [-0.2, 0) is 0 Å². The standard InChI is InChI=1S/C26H44/c1-7-8-9-19(2)15-23(6)22(5)11-10-20(3)14-21(4)16-24-12-13-25-18-26(25)17-24/h15-16,20,23-26H,5,7-14,17-18H2,1-4,6H3/b19-15+,21-16+/t20-,23?,24?,25?,26?/m1/s1. The summed E-state index contributed by atoms with van der Waals surface area (Å²) in [5.74, 6) is 4.40. The number of hydrogen-bond donors (Lipinski definition) is 0. The molecule has 0 aromatic rings. The van der Waals surface area contributed by atoms with Gasteiger partial charge in [0.25, 0.3) is 0 Å². The van der Waals surface area contributed by atoms with E-state index in [-0.39, 0.29) is 0 Å². The summed E-state index contributed by atoms with van der Waals surface area (Å²) in [4.78, 5) is 0. The summed E-state index contributed by atoms with van der Waals surface area (Å²) in [5.41, 5.74) is 4.59. The van der Waals surface area contributed by atoms with Crippen LogP contribution >= 0.6 is 0 Å². The largest absolute Gasteiger partial charge is 0.0993 e. The summed E-state index contributed by atoms with van der Waals surface area (Å²) < 4.78 is 0. The van der Waals surface area contributed by atoms with Crippen molar-refractivity contribution in [1.29, 1.82) is 0 Å². The Morgan fingerprint density at radius 2 is 1.81 bits per heavy atom. The number of allylic oxidation sites excluding steroid dienone is 5. The smallest absolute Gasteiger partial charge is 0.00518 e. The van der Waals surface area contributed by atoms with E-state index in [1.165, 1.54) is 75.4 Å². The molecule has 2 saturated carbocycles. The summed E-state index contributed by atoms with van der Waals surface area (Å²) >= 11 is 0. The molecule has 148 valence electrons. The van der Waals surface area contributed by atoms with Gasteiger partial charge in [-0.2, -0.15) is 0 Å². The SMILES string of the molecule is C=C(CC[C@@H](C)C/C(C)=C/C1CCC2CC2C1)C(C)/C=C(\C)CCCC. The van der Waals surface area contributed by atoms with E-state index in [4.69, 9.17) is 0 Å². The summed E-state index contributed by atoms with van der Waals surface area (Å²) in [6.07, 6.45) is 18.6. The van der Waals surface area contributed by atoms with E-state index in [9.17, 15) is 0 Å². The van der Waals surface area contributed by atoms with Crippen molar-refractivity contribution in [2.75, 3.05) is 0 Å². The fraction of sp³-hybridized carbons (Fsp3) is 0.769. The van der Waals surface area contributed by atoms with Crippen molar-refractivity contribution in [3.63, 3.8) is 0 Å². The number of rotatable bonds is 11. The Hall–Kier alpha value is -0.780. The van der Waals surface area contributed by atoms with Crippen LogP contribution in [0, 0.1) is 29.6 Å². The maximum absolute atomic E-state index is 4.39. The van der Waals surface area contributed by atoms with Crippen LogP contribution in [0.3, 0.4) is 0 Å². The first-order valence-electron chi connectivity index (χ1n) is 11.4. The first-order valence-corrected chi connectivity index (χ1v) is 11.4. The molecular weight excluding hydrogens is 312 g/mol. The third-order valence-electron chi connectivity index (χ3n) is 6.83. The van der Waals surface area contributed by atoms with Crippen molar-refractivity contribution in [2.24, 2.45) is 29.6 Å². The number of hydrogen-bond acceptors (Lipinski definition) is 0. The molecule has 2 rings (SSSR count). The zero-order valence-electron chi connectivity index (χ0n) is 18.3. The maximum Gasteiger partial charge on any atom is -0.00518 e. The van der Waals surface area contributed by atoms with Crippen LogP contribution in [0.1, 0.15) is 98.8 Å². The van der Waals surface area contributed by atoms with E-state index in [0.29, 0.717) is 5.92 Å². The van der Waals surface area contributed by atoms with Gasteiger partial charge in [0, 0.05) is 0 Å². The second kappa shape index (κ2) is 10.5. The minimum atomic E-state index is 0.532. The highest BCUT2D eigenvalue weighted by atomic mass is 14.5. The van der Waals surface area contributed by atoms with Crippen LogP contribution in [0.5, 0.6) is 0 Å². The summed E-state index contributed by atoms with van der Waals surface area (Å²) in [6.45, 7) is 16.1. The van der Waals surface area contributed by atoms with E-state index in [0.717, 1.165) is 23.7 Å². The molecule has 0 aromatic carbocycles. The van der Waals surface area contributed by atoms with Gasteiger partial charge in [0.2, 0.25) is 0 Å². The van der Waals surface area contributed by atoms with Crippen molar-refractivity contribution in [3.8, 4) is 0 Å². The number of unbranched alkanes of at least 4 members (excludes halogenated alkanes) is 1. The molecular formula is C26H44. The molecule has 0 nitrogen and oxygen atoms in total. The Balaban J connectivity index is 1.68. The van der Waals surface area contributed by atoms with E-state index >= 15 is 0 Å². The van der Waals surface area contributed by atoms with Gasteiger partial charge in [0.1, 0.15) is 0 Å². The molecule has 0 N–H and O–H groups in total. The molecule has 26 heavy (non-hydrogen) atoms. The first kappa shape index (κ1) is 21.5. The van der Waals surface area contributed by atoms with Gasteiger partial charge in [-0.25, -0.2) is 0 Å². The van der Waals surface area contributed by atoms with Crippen LogP contribution in [0.25, 0.3) is 0 Å². The van der Waals surface area contributed by atoms with Crippen LogP contribution in [0.15, 0.2) is 35.5 Å². The van der Waals surface area contributed by atoms with Crippen LogP contribution in [0.4, 0.5) is 0 Å². The molecule has 0 amide bonds. The highest BCUT2D eigenvalue weighted by Gasteiger charge is 2.41. The lowest BCUT2D eigenvalue weighted by molar-refractivity contribution is 0.397. The molecule has 0 radical (unpaired) electrons. The average Bonchev–Trinajstić information content (AvgIpc) is 3.36. The Labute approximate surface area is 164 Å². The Kier molecular flexibility index (Phi) is 8.71. The predicted octanol–water partition coefficient (Wildman–Crippen LogP) is 8.50. The van der Waals surface area contributed by atoms with E-state index in [1.807, 2.05) is 0 Å². The van der Waals surface area contributed by atoms with Gasteiger partial charge in [0.05, 0.1) is 0 Å². The second-order valence-electron chi connectivity index (χ2n) is 9.75. The van der Waals surface area contributed by atoms with Gasteiger partial charge in [-0.15, -0.1) is 0 Å². The molecule has 0 saturated heterocycles. The van der Waals surface area contributed by atoms with Gasteiger partial charge >= 0.3 is 0 Å². The van der Waals surface area contributed by atoms with Crippen LogP contribution < -0.4 is 0 Å². The van der Waals surface area contributed by atoms with E-state index in [1.54, 1.807) is 5.57 Å². The highest BCUT2D eigenvalue weighted by molar-refractivity contribution is 5.13. The molecule has 2 aliphatic rings. The summed E-state index contributed by atoms with van der Waals surface area (Å²) in [7, 11) is 0. The lowest BCUT2D eigenvalue weighted by atomic mass is 9.86. The quantitative estimate of drug-likeness (QED) is 0.325. The highest BCUT2D eigenvalue weighted by Crippen LogP contribution is 2.51. The molecule has 0 spiro atoms. The van der Waals surface area contributed by atoms with Crippen molar-refractivity contribution >= 4 is 0 Å². The van der Waals surface area contributed by atoms with Crippen LogP contribution in [-0.4, -0.2) is 0 Å². The zero-order chi connectivity index (χ0) is 19.1. The summed E-state index contributed by atoms with van der Waals surface area (Å²) in [6, 6.07) is 0. The molecule has 0 bridgehead atoms. The average molecular weight is 357 g/mol. The lowest BCUT2D eigenvalue weighted by Crippen LogP contribution is -2.07. The normalized spacial score (nSPS) is 28.4. The van der Waals surface area contributed by atoms with Gasteiger partial charge in [-0.1, -0.05) is 62.6 Å². The van der Waals surface area contributed by atoms with Crippen molar-refractivity contribution in [1.82, 2.24) is 0 Å². The predicted molar refractivity (Wildman–Crippen MR) is 117 cm³/mol. The van der Waals surface area contributed by atoms with Gasteiger partial charge < -0.3 is 0 Å². The molecule has 0 heteroatoms. The third kappa shape index (κ3) is 7.45.